The summed E-state index contributed by atoms with van der Waals surface area (Å²) < 4.78 is 16.0. The number of aliphatic hydroxyl groups excluding tert-OH is 1. The maximum atomic E-state index is 8.91. The summed E-state index contributed by atoms with van der Waals surface area (Å²) in [5.41, 5.74) is 0.744. The Hall–Kier alpha value is -2.27. The van der Waals surface area contributed by atoms with Crippen LogP contribution in [0.15, 0.2) is 36.5 Å². The highest BCUT2D eigenvalue weighted by Gasteiger charge is 2.14. The summed E-state index contributed by atoms with van der Waals surface area (Å²) in [5, 5.41) is 8.91. The van der Waals surface area contributed by atoms with Gasteiger partial charge in [-0.05, 0) is 23.8 Å². The first kappa shape index (κ1) is 10.9. The SMILES string of the molecule is OCc1ccc(Oc2ccc3c(c2)OCO3)nc1. The normalized spacial score (nSPS) is 12.5. The van der Waals surface area contributed by atoms with Gasteiger partial charge in [-0.25, -0.2) is 4.98 Å². The minimum atomic E-state index is -0.0305. The van der Waals surface area contributed by atoms with Crippen molar-refractivity contribution in [3.8, 4) is 23.1 Å². The number of hydrogen-bond donors (Lipinski definition) is 1. The topological polar surface area (TPSA) is 60.8 Å². The van der Waals surface area contributed by atoms with E-state index in [2.05, 4.69) is 4.98 Å². The fourth-order valence-corrected chi connectivity index (χ4v) is 1.63. The highest BCUT2D eigenvalue weighted by molar-refractivity contribution is 5.47. The van der Waals surface area contributed by atoms with Crippen molar-refractivity contribution in [3.05, 3.63) is 42.1 Å². The molecule has 5 nitrogen and oxygen atoms in total. The molecule has 0 bridgehead atoms. The minimum Gasteiger partial charge on any atom is -0.454 e. The van der Waals surface area contributed by atoms with Crippen LogP contribution < -0.4 is 14.2 Å². The van der Waals surface area contributed by atoms with Gasteiger partial charge in [-0.1, -0.05) is 0 Å². The molecule has 0 amide bonds. The van der Waals surface area contributed by atoms with Gasteiger partial charge in [-0.15, -0.1) is 0 Å². The number of aromatic nitrogens is 1. The number of fused-ring (bicyclic) bond motifs is 1. The molecule has 18 heavy (non-hydrogen) atoms. The summed E-state index contributed by atoms with van der Waals surface area (Å²) in [5.74, 6) is 2.47. The zero-order chi connectivity index (χ0) is 12.4. The van der Waals surface area contributed by atoms with Gasteiger partial charge in [0.15, 0.2) is 11.5 Å². The zero-order valence-electron chi connectivity index (χ0n) is 9.50. The number of aliphatic hydroxyl groups is 1. The lowest BCUT2D eigenvalue weighted by atomic mass is 10.3. The Labute approximate surface area is 104 Å². The smallest absolute Gasteiger partial charge is 0.231 e. The molecule has 2 heterocycles. The first-order valence-corrected chi connectivity index (χ1v) is 5.48. The Kier molecular flexibility index (Phi) is 2.74. The van der Waals surface area contributed by atoms with Crippen molar-refractivity contribution < 1.29 is 19.3 Å². The van der Waals surface area contributed by atoms with Gasteiger partial charge < -0.3 is 19.3 Å². The molecule has 2 aromatic rings. The summed E-state index contributed by atoms with van der Waals surface area (Å²) in [4.78, 5) is 4.08. The summed E-state index contributed by atoms with van der Waals surface area (Å²) in [6, 6.07) is 8.80. The van der Waals surface area contributed by atoms with Gasteiger partial charge in [0.25, 0.3) is 0 Å². The Morgan fingerprint density at radius 2 is 2.06 bits per heavy atom. The van der Waals surface area contributed by atoms with E-state index in [4.69, 9.17) is 19.3 Å². The lowest BCUT2D eigenvalue weighted by Gasteiger charge is -2.05. The van der Waals surface area contributed by atoms with E-state index < -0.39 is 0 Å². The molecule has 0 saturated heterocycles. The number of rotatable bonds is 3. The van der Waals surface area contributed by atoms with Crippen LogP contribution in [-0.2, 0) is 6.61 Å². The van der Waals surface area contributed by atoms with Crippen LogP contribution in [-0.4, -0.2) is 16.9 Å². The first-order chi connectivity index (χ1) is 8.85. The maximum Gasteiger partial charge on any atom is 0.231 e. The Morgan fingerprint density at radius 1 is 1.17 bits per heavy atom. The van der Waals surface area contributed by atoms with Crippen molar-refractivity contribution >= 4 is 0 Å². The second-order valence-electron chi connectivity index (χ2n) is 3.78. The predicted octanol–water partition coefficient (Wildman–Crippen LogP) is 2.09. The number of hydrogen-bond acceptors (Lipinski definition) is 5. The van der Waals surface area contributed by atoms with Gasteiger partial charge in [0.1, 0.15) is 5.75 Å². The van der Waals surface area contributed by atoms with Crippen molar-refractivity contribution in [2.45, 2.75) is 6.61 Å². The zero-order valence-corrected chi connectivity index (χ0v) is 9.50. The molecule has 5 heteroatoms. The second-order valence-corrected chi connectivity index (χ2v) is 3.78. The third-order valence-corrected chi connectivity index (χ3v) is 2.55. The minimum absolute atomic E-state index is 0.0305. The number of ether oxygens (including phenoxy) is 3. The van der Waals surface area contributed by atoms with Crippen LogP contribution in [0, 0.1) is 0 Å². The first-order valence-electron chi connectivity index (χ1n) is 5.48. The summed E-state index contributed by atoms with van der Waals surface area (Å²) in [7, 11) is 0. The van der Waals surface area contributed by atoms with E-state index in [1.165, 1.54) is 0 Å². The van der Waals surface area contributed by atoms with Crippen molar-refractivity contribution in [1.82, 2.24) is 4.98 Å². The second kappa shape index (κ2) is 4.54. The lowest BCUT2D eigenvalue weighted by Crippen LogP contribution is -1.93. The molecule has 0 spiro atoms. The molecule has 1 aromatic carbocycles. The average molecular weight is 245 g/mol. The van der Waals surface area contributed by atoms with E-state index in [0.717, 1.165) is 5.56 Å². The Balaban J connectivity index is 1.79. The number of pyridine rings is 1. The van der Waals surface area contributed by atoms with E-state index in [-0.39, 0.29) is 13.4 Å². The molecule has 0 fully saturated rings. The predicted molar refractivity (Wildman–Crippen MR) is 62.8 cm³/mol. The van der Waals surface area contributed by atoms with Crippen molar-refractivity contribution in [1.29, 1.82) is 0 Å². The molecular weight excluding hydrogens is 234 g/mol. The molecular formula is C13H11NO4. The molecule has 1 aliphatic heterocycles. The maximum absolute atomic E-state index is 8.91. The summed E-state index contributed by atoms with van der Waals surface area (Å²) in [6.45, 7) is 0.208. The largest absolute Gasteiger partial charge is 0.454 e. The third-order valence-electron chi connectivity index (χ3n) is 2.55. The van der Waals surface area contributed by atoms with E-state index in [0.29, 0.717) is 23.1 Å². The molecule has 3 rings (SSSR count). The molecule has 0 aliphatic carbocycles. The molecule has 1 aromatic heterocycles. The van der Waals surface area contributed by atoms with E-state index in [9.17, 15) is 0 Å². The van der Waals surface area contributed by atoms with Gasteiger partial charge in [0.05, 0.1) is 6.61 Å². The van der Waals surface area contributed by atoms with E-state index in [1.807, 2.05) is 0 Å². The number of nitrogens with zero attached hydrogens (tertiary/aromatic N) is 1. The standard InChI is InChI=1S/C13H11NO4/c15-7-9-1-4-13(14-6-9)18-10-2-3-11-12(5-10)17-8-16-11/h1-6,15H,7-8H2. The van der Waals surface area contributed by atoms with E-state index >= 15 is 0 Å². The van der Waals surface area contributed by atoms with Crippen LogP contribution in [0.2, 0.25) is 0 Å². The van der Waals surface area contributed by atoms with Crippen LogP contribution in [0.3, 0.4) is 0 Å². The van der Waals surface area contributed by atoms with Gasteiger partial charge in [-0.3, -0.25) is 0 Å². The molecule has 92 valence electrons. The molecule has 1 N–H and O–H groups in total. The molecule has 0 saturated carbocycles. The quantitative estimate of drug-likeness (QED) is 0.897. The lowest BCUT2D eigenvalue weighted by molar-refractivity contribution is 0.174. The van der Waals surface area contributed by atoms with Gasteiger partial charge in [0.2, 0.25) is 12.7 Å². The fourth-order valence-electron chi connectivity index (χ4n) is 1.63. The Bertz CT molecular complexity index is 553. The van der Waals surface area contributed by atoms with Crippen LogP contribution in [0.4, 0.5) is 0 Å². The highest BCUT2D eigenvalue weighted by atomic mass is 16.7. The highest BCUT2D eigenvalue weighted by Crippen LogP contribution is 2.36. The van der Waals surface area contributed by atoms with Gasteiger partial charge >= 0.3 is 0 Å². The van der Waals surface area contributed by atoms with Crippen molar-refractivity contribution in [2.24, 2.45) is 0 Å². The van der Waals surface area contributed by atoms with Crippen molar-refractivity contribution in [3.63, 3.8) is 0 Å². The van der Waals surface area contributed by atoms with Crippen LogP contribution in [0.25, 0.3) is 0 Å². The third kappa shape index (κ3) is 2.08. The van der Waals surface area contributed by atoms with Crippen LogP contribution >= 0.6 is 0 Å². The molecule has 0 atom stereocenters. The summed E-state index contributed by atoms with van der Waals surface area (Å²) in [6.07, 6.45) is 1.57. The average Bonchev–Trinajstić information content (AvgIpc) is 2.87. The number of benzene rings is 1. The summed E-state index contributed by atoms with van der Waals surface area (Å²) >= 11 is 0. The van der Waals surface area contributed by atoms with Crippen LogP contribution in [0.5, 0.6) is 23.1 Å². The van der Waals surface area contributed by atoms with Crippen LogP contribution in [0.1, 0.15) is 5.56 Å². The Morgan fingerprint density at radius 3 is 2.83 bits per heavy atom. The monoisotopic (exact) mass is 245 g/mol. The van der Waals surface area contributed by atoms with Gasteiger partial charge in [-0.2, -0.15) is 0 Å². The van der Waals surface area contributed by atoms with Gasteiger partial charge in [0, 0.05) is 18.3 Å². The van der Waals surface area contributed by atoms with Crippen molar-refractivity contribution in [2.75, 3.05) is 6.79 Å². The fraction of sp³-hybridized carbons (Fsp3) is 0.154. The van der Waals surface area contributed by atoms with E-state index in [1.54, 1.807) is 36.5 Å². The molecule has 0 unspecified atom stereocenters. The molecule has 1 aliphatic rings. The molecule has 0 radical (unpaired) electrons.